The Morgan fingerprint density at radius 1 is 1.25 bits per heavy atom. The number of furan rings is 1. The summed E-state index contributed by atoms with van der Waals surface area (Å²) in [7, 11) is 0. The summed E-state index contributed by atoms with van der Waals surface area (Å²) in [6.07, 6.45) is 2.63. The van der Waals surface area contributed by atoms with Crippen LogP contribution in [-0.2, 0) is 4.79 Å². The van der Waals surface area contributed by atoms with Crippen LogP contribution in [0.25, 0.3) is 17.4 Å². The number of benzene rings is 1. The molecule has 0 fully saturated rings. The van der Waals surface area contributed by atoms with Gasteiger partial charge in [-0.1, -0.05) is 17.7 Å². The normalized spacial score (nSPS) is 10.8. The van der Waals surface area contributed by atoms with Crippen LogP contribution in [-0.4, -0.2) is 17.0 Å². The second kappa shape index (κ2) is 5.63. The van der Waals surface area contributed by atoms with E-state index >= 15 is 0 Å². The van der Waals surface area contributed by atoms with Gasteiger partial charge in [-0.2, -0.15) is 0 Å². The van der Waals surface area contributed by atoms with E-state index in [1.54, 1.807) is 18.2 Å². The molecule has 0 aliphatic rings. The minimum absolute atomic E-state index is 0.0239. The number of hydrogen-bond acceptors (Lipinski definition) is 3. The highest BCUT2D eigenvalue weighted by molar-refractivity contribution is 6.33. The van der Waals surface area contributed by atoms with Crippen molar-refractivity contribution in [3.63, 3.8) is 0 Å². The van der Waals surface area contributed by atoms with Crippen LogP contribution in [0.3, 0.4) is 0 Å². The van der Waals surface area contributed by atoms with E-state index in [-0.39, 0.29) is 10.6 Å². The number of aromatic carboxylic acids is 1. The highest BCUT2D eigenvalue weighted by atomic mass is 35.5. The van der Waals surface area contributed by atoms with Crippen molar-refractivity contribution >= 4 is 29.6 Å². The molecule has 0 bridgehead atoms. The third kappa shape index (κ3) is 3.07. The standard InChI is InChI=1S/C14H10ClNO4/c15-11-7-8(1-4-10(11)14(18)19)12-5-2-9(20-12)3-6-13(16)17/h1-7H,(H2,16,17)(H,18,19)/b6-3-. The minimum atomic E-state index is -1.09. The number of carboxylic acid groups (broad SMARTS) is 1. The summed E-state index contributed by atoms with van der Waals surface area (Å²) >= 11 is 5.89. The zero-order chi connectivity index (χ0) is 14.7. The van der Waals surface area contributed by atoms with Crippen molar-refractivity contribution in [3.8, 4) is 11.3 Å². The fraction of sp³-hybridized carbons (Fsp3) is 0. The number of primary amides is 1. The van der Waals surface area contributed by atoms with Gasteiger partial charge in [-0.3, -0.25) is 4.79 Å². The molecule has 0 saturated carbocycles. The molecule has 1 aromatic carbocycles. The number of nitrogens with two attached hydrogens (primary N) is 1. The molecular weight excluding hydrogens is 282 g/mol. The Morgan fingerprint density at radius 3 is 2.60 bits per heavy atom. The third-order valence-electron chi connectivity index (χ3n) is 2.52. The van der Waals surface area contributed by atoms with E-state index in [9.17, 15) is 9.59 Å². The summed E-state index contributed by atoms with van der Waals surface area (Å²) in [4.78, 5) is 21.5. The first-order valence-electron chi connectivity index (χ1n) is 5.58. The largest absolute Gasteiger partial charge is 0.478 e. The molecule has 0 unspecified atom stereocenters. The van der Waals surface area contributed by atoms with Crippen LogP contribution in [0.5, 0.6) is 0 Å². The van der Waals surface area contributed by atoms with Crippen molar-refractivity contribution in [2.75, 3.05) is 0 Å². The molecule has 3 N–H and O–H groups in total. The molecule has 20 heavy (non-hydrogen) atoms. The van der Waals surface area contributed by atoms with E-state index in [1.807, 2.05) is 0 Å². The van der Waals surface area contributed by atoms with E-state index < -0.39 is 11.9 Å². The molecule has 102 valence electrons. The Bertz CT molecular complexity index is 703. The minimum Gasteiger partial charge on any atom is -0.478 e. The summed E-state index contributed by atoms with van der Waals surface area (Å²) in [5.41, 5.74) is 5.64. The lowest BCUT2D eigenvalue weighted by Crippen LogP contribution is -2.04. The number of amides is 1. The Balaban J connectivity index is 2.31. The Hall–Kier alpha value is -2.53. The van der Waals surface area contributed by atoms with Crippen molar-refractivity contribution in [2.45, 2.75) is 0 Å². The number of halogens is 1. The van der Waals surface area contributed by atoms with Crippen LogP contribution in [0.1, 0.15) is 16.1 Å². The number of hydrogen-bond donors (Lipinski definition) is 2. The van der Waals surface area contributed by atoms with Crippen LogP contribution in [0.2, 0.25) is 5.02 Å². The predicted octanol–water partition coefficient (Wildman–Crippen LogP) is 2.80. The fourth-order valence-corrected chi connectivity index (χ4v) is 1.87. The summed E-state index contributed by atoms with van der Waals surface area (Å²) in [5, 5.41) is 9.02. The maximum absolute atomic E-state index is 10.9. The van der Waals surface area contributed by atoms with Crippen LogP contribution < -0.4 is 5.73 Å². The molecule has 1 amide bonds. The van der Waals surface area contributed by atoms with Gasteiger partial charge in [0.05, 0.1) is 10.6 Å². The Kier molecular flexibility index (Phi) is 3.91. The number of rotatable bonds is 4. The summed E-state index contributed by atoms with van der Waals surface area (Å²) in [5.74, 6) is -0.701. The molecule has 6 heteroatoms. The highest BCUT2D eigenvalue weighted by Gasteiger charge is 2.11. The molecule has 0 atom stereocenters. The van der Waals surface area contributed by atoms with Gasteiger partial charge in [-0.25, -0.2) is 4.79 Å². The van der Waals surface area contributed by atoms with E-state index in [0.717, 1.165) is 0 Å². The average molecular weight is 292 g/mol. The van der Waals surface area contributed by atoms with Gasteiger partial charge in [0.1, 0.15) is 11.5 Å². The second-order valence-electron chi connectivity index (χ2n) is 3.94. The molecule has 1 aromatic heterocycles. The zero-order valence-electron chi connectivity index (χ0n) is 10.2. The first-order valence-corrected chi connectivity index (χ1v) is 5.96. The van der Waals surface area contributed by atoms with Gasteiger partial charge >= 0.3 is 5.97 Å². The monoisotopic (exact) mass is 291 g/mol. The van der Waals surface area contributed by atoms with E-state index in [0.29, 0.717) is 17.1 Å². The van der Waals surface area contributed by atoms with Gasteiger partial charge < -0.3 is 15.3 Å². The van der Waals surface area contributed by atoms with E-state index in [2.05, 4.69) is 0 Å². The lowest BCUT2D eigenvalue weighted by Gasteiger charge is -2.01. The second-order valence-corrected chi connectivity index (χ2v) is 4.34. The smallest absolute Gasteiger partial charge is 0.337 e. The van der Waals surface area contributed by atoms with Gasteiger partial charge in [-0.15, -0.1) is 0 Å². The molecule has 1 heterocycles. The maximum Gasteiger partial charge on any atom is 0.337 e. The first kappa shape index (κ1) is 13.9. The van der Waals surface area contributed by atoms with Crippen LogP contribution >= 0.6 is 11.6 Å². The third-order valence-corrected chi connectivity index (χ3v) is 2.84. The fourth-order valence-electron chi connectivity index (χ4n) is 1.60. The quantitative estimate of drug-likeness (QED) is 0.847. The van der Waals surface area contributed by atoms with Crippen LogP contribution in [0.4, 0.5) is 0 Å². The van der Waals surface area contributed by atoms with E-state index in [4.69, 9.17) is 26.9 Å². The molecular formula is C14H10ClNO4. The van der Waals surface area contributed by atoms with Gasteiger partial charge in [0.2, 0.25) is 5.91 Å². The molecule has 0 spiro atoms. The van der Waals surface area contributed by atoms with Crippen molar-refractivity contribution in [2.24, 2.45) is 5.73 Å². The number of carbonyl (C=O) groups excluding carboxylic acids is 1. The van der Waals surface area contributed by atoms with Crippen molar-refractivity contribution in [1.29, 1.82) is 0 Å². The lowest BCUT2D eigenvalue weighted by atomic mass is 10.1. The molecule has 5 nitrogen and oxygen atoms in total. The average Bonchev–Trinajstić information content (AvgIpc) is 2.84. The van der Waals surface area contributed by atoms with Gasteiger partial charge in [-0.05, 0) is 30.3 Å². The van der Waals surface area contributed by atoms with Crippen molar-refractivity contribution < 1.29 is 19.1 Å². The van der Waals surface area contributed by atoms with Gasteiger partial charge in [0.25, 0.3) is 0 Å². The summed E-state index contributed by atoms with van der Waals surface area (Å²) in [6, 6.07) is 7.85. The number of carbonyl (C=O) groups is 2. The molecule has 0 aliphatic carbocycles. The Morgan fingerprint density at radius 2 is 2.00 bits per heavy atom. The molecule has 0 aliphatic heterocycles. The van der Waals surface area contributed by atoms with Gasteiger partial charge in [0.15, 0.2) is 0 Å². The van der Waals surface area contributed by atoms with Crippen molar-refractivity contribution in [3.05, 3.63) is 52.8 Å². The molecule has 2 rings (SSSR count). The van der Waals surface area contributed by atoms with Crippen LogP contribution in [0, 0.1) is 0 Å². The number of carboxylic acids is 1. The highest BCUT2D eigenvalue weighted by Crippen LogP contribution is 2.27. The lowest BCUT2D eigenvalue weighted by molar-refractivity contribution is -0.113. The maximum atomic E-state index is 10.9. The van der Waals surface area contributed by atoms with Gasteiger partial charge in [0, 0.05) is 11.6 Å². The topological polar surface area (TPSA) is 93.5 Å². The summed E-state index contributed by atoms with van der Waals surface area (Å²) < 4.78 is 5.47. The zero-order valence-corrected chi connectivity index (χ0v) is 10.9. The Labute approximate surface area is 119 Å². The molecule has 2 aromatic rings. The van der Waals surface area contributed by atoms with E-state index in [1.165, 1.54) is 24.3 Å². The van der Waals surface area contributed by atoms with Crippen molar-refractivity contribution in [1.82, 2.24) is 0 Å². The molecule has 0 saturated heterocycles. The first-order chi connectivity index (χ1) is 9.47. The summed E-state index contributed by atoms with van der Waals surface area (Å²) in [6.45, 7) is 0. The SMILES string of the molecule is NC(=O)/C=C\c1ccc(-c2ccc(C(=O)O)c(Cl)c2)o1. The van der Waals surface area contributed by atoms with Crippen LogP contribution in [0.15, 0.2) is 40.8 Å². The predicted molar refractivity (Wildman–Crippen MR) is 74.3 cm³/mol. The molecule has 0 radical (unpaired) electrons.